The minimum atomic E-state index is 0.316. The summed E-state index contributed by atoms with van der Waals surface area (Å²) < 4.78 is 0. The summed E-state index contributed by atoms with van der Waals surface area (Å²) in [7, 11) is 0. The highest BCUT2D eigenvalue weighted by molar-refractivity contribution is 6.20. The van der Waals surface area contributed by atoms with Crippen molar-refractivity contribution in [2.45, 2.75) is 62.4 Å². The Balaban J connectivity index is 1.37. The lowest BCUT2D eigenvalue weighted by Gasteiger charge is -2.37. The molecule has 2 aliphatic heterocycles. The van der Waals surface area contributed by atoms with Crippen molar-refractivity contribution in [1.29, 1.82) is 0 Å². The van der Waals surface area contributed by atoms with Crippen LogP contribution in [0.4, 0.5) is 0 Å². The zero-order valence-electron chi connectivity index (χ0n) is 11.3. The number of alkyl halides is 1. The van der Waals surface area contributed by atoms with Crippen molar-refractivity contribution < 1.29 is 4.79 Å². The SMILES string of the molecule is O=C(C1C2C3CCC(C3)C12)N1C2CCC1CC(Cl)C2. The molecule has 0 N–H and O–H groups in total. The predicted molar refractivity (Wildman–Crippen MR) is 73.8 cm³/mol. The molecule has 0 aromatic carbocycles. The molecule has 0 aromatic heterocycles. The lowest BCUT2D eigenvalue weighted by Crippen LogP contribution is -2.48. The molecular formula is C16H22ClNO. The first-order valence-corrected chi connectivity index (χ1v) is 8.64. The third-order valence-corrected chi connectivity index (χ3v) is 7.31. The monoisotopic (exact) mass is 279 g/mol. The standard InChI is InChI=1S/C16H22ClNO/c17-10-6-11-3-4-12(7-10)18(11)16(19)15-13-8-1-2-9(5-8)14(13)15/h8-15H,1-7H2. The fourth-order valence-corrected chi connectivity index (χ4v) is 6.71. The molecule has 0 radical (unpaired) electrons. The molecule has 104 valence electrons. The Labute approximate surface area is 119 Å². The van der Waals surface area contributed by atoms with Gasteiger partial charge in [-0.2, -0.15) is 0 Å². The molecule has 5 rings (SSSR count). The molecule has 5 aliphatic rings. The summed E-state index contributed by atoms with van der Waals surface area (Å²) >= 11 is 6.33. The maximum Gasteiger partial charge on any atom is 0.226 e. The number of hydrogen-bond acceptors (Lipinski definition) is 1. The molecule has 1 amide bonds. The van der Waals surface area contributed by atoms with Crippen LogP contribution in [0.1, 0.15) is 44.9 Å². The van der Waals surface area contributed by atoms with E-state index in [2.05, 4.69) is 4.90 Å². The van der Waals surface area contributed by atoms with Crippen molar-refractivity contribution in [3.8, 4) is 0 Å². The Morgan fingerprint density at radius 2 is 1.47 bits per heavy atom. The molecule has 3 saturated carbocycles. The topological polar surface area (TPSA) is 20.3 Å². The van der Waals surface area contributed by atoms with E-state index in [9.17, 15) is 4.79 Å². The number of fused-ring (bicyclic) bond motifs is 7. The Bertz CT molecular complexity index is 408. The summed E-state index contributed by atoms with van der Waals surface area (Å²) in [6, 6.07) is 0.959. The van der Waals surface area contributed by atoms with Crippen molar-refractivity contribution in [2.75, 3.05) is 0 Å². The van der Waals surface area contributed by atoms with E-state index in [1.54, 1.807) is 0 Å². The van der Waals surface area contributed by atoms with Crippen LogP contribution in [-0.2, 0) is 4.79 Å². The molecule has 6 unspecified atom stereocenters. The third-order valence-electron chi connectivity index (χ3n) is 6.95. The highest BCUT2D eigenvalue weighted by Gasteiger charge is 2.68. The van der Waals surface area contributed by atoms with E-state index in [0.717, 1.165) is 36.5 Å². The average molecular weight is 280 g/mol. The number of amides is 1. The first kappa shape index (κ1) is 11.4. The van der Waals surface area contributed by atoms with E-state index < -0.39 is 0 Å². The third kappa shape index (κ3) is 1.42. The summed E-state index contributed by atoms with van der Waals surface area (Å²) in [6.45, 7) is 0. The number of rotatable bonds is 1. The van der Waals surface area contributed by atoms with Gasteiger partial charge in [0, 0.05) is 23.4 Å². The van der Waals surface area contributed by atoms with Gasteiger partial charge in [0.15, 0.2) is 0 Å². The van der Waals surface area contributed by atoms with Gasteiger partial charge in [0.1, 0.15) is 0 Å². The maximum atomic E-state index is 12.9. The summed E-state index contributed by atoms with van der Waals surface area (Å²) in [5.74, 6) is 4.36. The second kappa shape index (κ2) is 3.69. The molecule has 0 spiro atoms. The second-order valence-corrected chi connectivity index (χ2v) is 8.33. The molecule has 19 heavy (non-hydrogen) atoms. The molecule has 3 heteroatoms. The predicted octanol–water partition coefficient (Wildman–Crippen LogP) is 3.04. The molecule has 5 fully saturated rings. The van der Waals surface area contributed by atoms with Gasteiger partial charge in [0.25, 0.3) is 0 Å². The zero-order chi connectivity index (χ0) is 12.7. The number of hydrogen-bond donors (Lipinski definition) is 0. The van der Waals surface area contributed by atoms with E-state index in [0.29, 0.717) is 29.3 Å². The van der Waals surface area contributed by atoms with Gasteiger partial charge in [-0.15, -0.1) is 11.6 Å². The van der Waals surface area contributed by atoms with Crippen LogP contribution >= 0.6 is 11.6 Å². The molecule has 3 aliphatic carbocycles. The number of carbonyl (C=O) groups excluding carboxylic acids is 1. The van der Waals surface area contributed by atoms with Crippen molar-refractivity contribution in [1.82, 2.24) is 4.90 Å². The lowest BCUT2D eigenvalue weighted by atomic mass is 9.98. The molecular weight excluding hydrogens is 258 g/mol. The highest BCUT2D eigenvalue weighted by Crippen LogP contribution is 2.70. The van der Waals surface area contributed by atoms with Crippen LogP contribution in [0, 0.1) is 29.6 Å². The van der Waals surface area contributed by atoms with Crippen molar-refractivity contribution in [2.24, 2.45) is 29.6 Å². The normalized spacial score (nSPS) is 57.4. The number of carbonyl (C=O) groups is 1. The number of halogens is 1. The lowest BCUT2D eigenvalue weighted by molar-refractivity contribution is -0.138. The highest BCUT2D eigenvalue weighted by atomic mass is 35.5. The van der Waals surface area contributed by atoms with E-state index in [1.165, 1.54) is 32.1 Å². The number of nitrogens with zero attached hydrogens (tertiary/aromatic N) is 1. The summed E-state index contributed by atoms with van der Waals surface area (Å²) in [5, 5.41) is 0.316. The minimum absolute atomic E-state index is 0.316. The van der Waals surface area contributed by atoms with Crippen LogP contribution in [0.2, 0.25) is 0 Å². The second-order valence-electron chi connectivity index (χ2n) is 7.71. The van der Waals surface area contributed by atoms with E-state index in [4.69, 9.17) is 11.6 Å². The minimum Gasteiger partial charge on any atom is -0.336 e. The molecule has 0 aromatic rings. The summed E-state index contributed by atoms with van der Waals surface area (Å²) in [5.41, 5.74) is 0. The summed E-state index contributed by atoms with van der Waals surface area (Å²) in [4.78, 5) is 15.2. The Morgan fingerprint density at radius 3 is 2.05 bits per heavy atom. The molecule has 4 bridgehead atoms. The number of piperidine rings is 1. The average Bonchev–Trinajstić information content (AvgIpc) is 2.68. The van der Waals surface area contributed by atoms with Crippen LogP contribution < -0.4 is 0 Å². The van der Waals surface area contributed by atoms with Crippen LogP contribution in [0.15, 0.2) is 0 Å². The smallest absolute Gasteiger partial charge is 0.226 e. The fourth-order valence-electron chi connectivity index (χ4n) is 6.30. The van der Waals surface area contributed by atoms with Gasteiger partial charge < -0.3 is 4.90 Å². The Morgan fingerprint density at radius 1 is 0.895 bits per heavy atom. The summed E-state index contributed by atoms with van der Waals surface area (Å²) in [6.07, 6.45) is 8.74. The van der Waals surface area contributed by atoms with Crippen molar-refractivity contribution >= 4 is 17.5 Å². The van der Waals surface area contributed by atoms with Crippen LogP contribution in [-0.4, -0.2) is 28.3 Å². The van der Waals surface area contributed by atoms with Crippen LogP contribution in [0.5, 0.6) is 0 Å². The quantitative estimate of drug-likeness (QED) is 0.676. The largest absolute Gasteiger partial charge is 0.336 e. The fraction of sp³-hybridized carbons (Fsp3) is 0.938. The van der Waals surface area contributed by atoms with Gasteiger partial charge in [0.05, 0.1) is 0 Å². The Kier molecular flexibility index (Phi) is 2.22. The van der Waals surface area contributed by atoms with Gasteiger partial charge in [-0.3, -0.25) is 4.79 Å². The van der Waals surface area contributed by atoms with Crippen LogP contribution in [0.3, 0.4) is 0 Å². The van der Waals surface area contributed by atoms with Gasteiger partial charge in [-0.1, -0.05) is 0 Å². The van der Waals surface area contributed by atoms with E-state index in [1.807, 2.05) is 0 Å². The molecule has 6 atom stereocenters. The first-order valence-electron chi connectivity index (χ1n) is 8.20. The zero-order valence-corrected chi connectivity index (χ0v) is 12.1. The van der Waals surface area contributed by atoms with Gasteiger partial charge in [0.2, 0.25) is 5.91 Å². The van der Waals surface area contributed by atoms with Gasteiger partial charge in [-0.25, -0.2) is 0 Å². The van der Waals surface area contributed by atoms with E-state index >= 15 is 0 Å². The Hall–Kier alpha value is -0.240. The van der Waals surface area contributed by atoms with Crippen LogP contribution in [0.25, 0.3) is 0 Å². The van der Waals surface area contributed by atoms with Crippen molar-refractivity contribution in [3.05, 3.63) is 0 Å². The maximum absolute atomic E-state index is 12.9. The van der Waals surface area contributed by atoms with Gasteiger partial charge >= 0.3 is 0 Å². The molecule has 2 nitrogen and oxygen atoms in total. The van der Waals surface area contributed by atoms with Gasteiger partial charge in [-0.05, 0) is 68.6 Å². The van der Waals surface area contributed by atoms with E-state index in [-0.39, 0.29) is 0 Å². The molecule has 2 heterocycles. The first-order chi connectivity index (χ1) is 9.24. The van der Waals surface area contributed by atoms with Crippen molar-refractivity contribution in [3.63, 3.8) is 0 Å². The molecule has 2 saturated heterocycles.